The van der Waals surface area contributed by atoms with Gasteiger partial charge in [0, 0.05) is 18.1 Å². The number of hydrogen-bond donors (Lipinski definition) is 8. The lowest BCUT2D eigenvalue weighted by Crippen LogP contribution is -2.58. The summed E-state index contributed by atoms with van der Waals surface area (Å²) in [5.74, 6) is -5.32. The van der Waals surface area contributed by atoms with E-state index in [-0.39, 0.29) is 30.4 Å². The van der Waals surface area contributed by atoms with Gasteiger partial charge >= 0.3 is 5.97 Å². The highest BCUT2D eigenvalue weighted by Crippen LogP contribution is 2.25. The summed E-state index contributed by atoms with van der Waals surface area (Å²) in [6.45, 7) is 3.49. The minimum absolute atomic E-state index is 0.00825. The van der Waals surface area contributed by atoms with Crippen LogP contribution in [0.5, 0.6) is 0 Å². The number of carbonyl (C=O) groups is 7. The lowest BCUT2D eigenvalue weighted by Gasteiger charge is -2.30. The Morgan fingerprint density at radius 2 is 1.54 bits per heavy atom. The summed E-state index contributed by atoms with van der Waals surface area (Å²) in [4.78, 5) is 86.5. The Kier molecular flexibility index (Phi) is 15.5. The maximum absolute atomic E-state index is 13.6. The van der Waals surface area contributed by atoms with E-state index >= 15 is 0 Å². The van der Waals surface area contributed by atoms with Gasteiger partial charge < -0.3 is 48.9 Å². The topological polar surface area (TPSA) is 283 Å². The van der Waals surface area contributed by atoms with Crippen molar-refractivity contribution in [2.75, 3.05) is 24.6 Å². The van der Waals surface area contributed by atoms with Gasteiger partial charge in [-0.1, -0.05) is 35.4 Å². The molecule has 0 aromatic rings. The minimum Gasteiger partial charge on any atom is -0.480 e. The van der Waals surface area contributed by atoms with Crippen molar-refractivity contribution < 1.29 is 38.7 Å². The van der Waals surface area contributed by atoms with Crippen LogP contribution in [0.15, 0.2) is 0 Å². The number of hydrogen-bond acceptors (Lipinski definition) is 11. The van der Waals surface area contributed by atoms with Crippen molar-refractivity contribution in [3.05, 3.63) is 0 Å². The Labute approximate surface area is 245 Å². The average molecular weight is 621 g/mol. The highest BCUT2D eigenvalue weighted by molar-refractivity contribution is 8.76. The first-order valence-electron chi connectivity index (χ1n) is 12.9. The molecule has 1 aliphatic rings. The number of likely N-dealkylation sites (tertiary alicyclic amines) is 1. The quantitative estimate of drug-likeness (QED) is 0.0549. The van der Waals surface area contributed by atoms with E-state index in [0.29, 0.717) is 12.8 Å². The van der Waals surface area contributed by atoms with Crippen molar-refractivity contribution in [3.8, 4) is 0 Å². The highest BCUT2D eigenvalue weighted by atomic mass is 33.1. The molecule has 1 aliphatic heterocycles. The first kappa shape index (κ1) is 35.9. The molecule has 0 aromatic carbocycles. The van der Waals surface area contributed by atoms with E-state index in [0.717, 1.165) is 21.6 Å². The van der Waals surface area contributed by atoms with E-state index in [9.17, 15) is 33.6 Å². The first-order chi connectivity index (χ1) is 19.1. The summed E-state index contributed by atoms with van der Waals surface area (Å²) >= 11 is 0. The lowest BCUT2D eigenvalue weighted by molar-refractivity contribution is -0.142. The molecule has 0 aliphatic carbocycles. The SMILES string of the molecule is CC(C)C[C@H](NC(=O)[C@@H]1CCCN1C(=O)[C@H](CSSC[C@H](N)C(=O)O)NC(=O)[C@@H](N)CC(N)=O)C(=O)NCC(N)=O. The summed E-state index contributed by atoms with van der Waals surface area (Å²) in [7, 11) is 2.17. The third-order valence-corrected chi connectivity index (χ3v) is 8.32. The van der Waals surface area contributed by atoms with Crippen LogP contribution in [0.3, 0.4) is 0 Å². The molecule has 5 atom stereocenters. The number of carboxylic acids is 1. The monoisotopic (exact) mass is 620 g/mol. The number of carboxylic acid groups (broad SMARTS) is 1. The van der Waals surface area contributed by atoms with Crippen molar-refractivity contribution in [3.63, 3.8) is 0 Å². The van der Waals surface area contributed by atoms with Gasteiger partial charge in [0.15, 0.2) is 0 Å². The lowest BCUT2D eigenvalue weighted by atomic mass is 10.0. The zero-order chi connectivity index (χ0) is 31.3. The van der Waals surface area contributed by atoms with Gasteiger partial charge in [-0.25, -0.2) is 0 Å². The Balaban J connectivity index is 3.04. The second-order valence-electron chi connectivity index (χ2n) is 9.92. The fourth-order valence-electron chi connectivity index (χ4n) is 3.84. The fraction of sp³-hybridized carbons (Fsp3) is 0.696. The van der Waals surface area contributed by atoms with E-state index in [2.05, 4.69) is 16.0 Å². The van der Waals surface area contributed by atoms with Crippen molar-refractivity contribution >= 4 is 63.0 Å². The number of nitrogens with one attached hydrogen (secondary N) is 3. The number of amides is 6. The summed E-state index contributed by atoms with van der Waals surface area (Å²) < 4.78 is 0. The molecule has 1 heterocycles. The summed E-state index contributed by atoms with van der Waals surface area (Å²) in [5.41, 5.74) is 21.4. The molecule has 6 amide bonds. The van der Waals surface area contributed by atoms with Gasteiger partial charge in [-0.05, 0) is 25.2 Å². The van der Waals surface area contributed by atoms with E-state index in [1.54, 1.807) is 0 Å². The zero-order valence-electron chi connectivity index (χ0n) is 23.0. The van der Waals surface area contributed by atoms with E-state index in [4.69, 9.17) is 28.0 Å². The van der Waals surface area contributed by atoms with Gasteiger partial charge in [-0.3, -0.25) is 33.6 Å². The molecule has 0 aromatic heterocycles. The molecule has 16 nitrogen and oxygen atoms in total. The number of aliphatic carboxylic acids is 1. The molecule has 1 fully saturated rings. The zero-order valence-corrected chi connectivity index (χ0v) is 24.6. The molecule has 0 spiro atoms. The molecule has 0 radical (unpaired) electrons. The summed E-state index contributed by atoms with van der Waals surface area (Å²) in [6.07, 6.45) is 0.585. The van der Waals surface area contributed by atoms with Crippen molar-refractivity contribution in [2.24, 2.45) is 28.9 Å². The Hall–Kier alpha value is -3.09. The maximum Gasteiger partial charge on any atom is 0.321 e. The van der Waals surface area contributed by atoms with Crippen molar-refractivity contribution in [1.82, 2.24) is 20.9 Å². The summed E-state index contributed by atoms with van der Waals surface area (Å²) in [5, 5.41) is 16.5. The van der Waals surface area contributed by atoms with Crippen molar-refractivity contribution in [1.29, 1.82) is 0 Å². The van der Waals surface area contributed by atoms with Gasteiger partial charge in [-0.15, -0.1) is 0 Å². The molecular weight excluding hydrogens is 580 g/mol. The van der Waals surface area contributed by atoms with Gasteiger partial charge in [0.05, 0.1) is 19.0 Å². The number of carbonyl (C=O) groups excluding carboxylic acids is 6. The van der Waals surface area contributed by atoms with Crippen LogP contribution in [0, 0.1) is 5.92 Å². The number of rotatable bonds is 18. The normalized spacial score (nSPS) is 17.7. The van der Waals surface area contributed by atoms with Crippen molar-refractivity contribution in [2.45, 2.75) is 69.7 Å². The molecule has 232 valence electrons. The van der Waals surface area contributed by atoms with E-state index < -0.39 is 84.6 Å². The average Bonchev–Trinajstić information content (AvgIpc) is 3.37. The van der Waals surface area contributed by atoms with Crippen LogP contribution in [-0.2, 0) is 33.6 Å². The third kappa shape index (κ3) is 13.0. The number of primary amides is 2. The van der Waals surface area contributed by atoms with Gasteiger partial charge in [0.2, 0.25) is 35.4 Å². The Morgan fingerprint density at radius 1 is 0.902 bits per heavy atom. The molecule has 0 bridgehead atoms. The van der Waals surface area contributed by atoms with E-state index in [1.165, 1.54) is 4.90 Å². The third-order valence-electron chi connectivity index (χ3n) is 5.87. The maximum atomic E-state index is 13.6. The van der Waals surface area contributed by atoms with Gasteiger partial charge in [-0.2, -0.15) is 0 Å². The molecular formula is C23H40N8O8S2. The van der Waals surface area contributed by atoms with E-state index in [1.807, 2.05) is 13.8 Å². The van der Waals surface area contributed by atoms with Crippen LogP contribution < -0.4 is 38.9 Å². The molecule has 0 saturated carbocycles. The molecule has 1 saturated heterocycles. The van der Waals surface area contributed by atoms with Gasteiger partial charge in [0.25, 0.3) is 0 Å². The largest absolute Gasteiger partial charge is 0.480 e. The van der Waals surface area contributed by atoms with Crippen LogP contribution in [0.4, 0.5) is 0 Å². The minimum atomic E-state index is -1.31. The Bertz CT molecular complexity index is 985. The van der Waals surface area contributed by atoms with Crippen LogP contribution in [0.2, 0.25) is 0 Å². The van der Waals surface area contributed by atoms with Crippen LogP contribution in [-0.4, -0.2) is 106 Å². The predicted octanol–water partition coefficient (Wildman–Crippen LogP) is -3.41. The molecule has 41 heavy (non-hydrogen) atoms. The second-order valence-corrected chi connectivity index (χ2v) is 12.5. The number of nitrogens with two attached hydrogens (primary N) is 4. The smallest absolute Gasteiger partial charge is 0.321 e. The number of nitrogens with zero attached hydrogens (tertiary/aromatic N) is 1. The molecule has 12 N–H and O–H groups in total. The Morgan fingerprint density at radius 3 is 2.10 bits per heavy atom. The fourth-order valence-corrected chi connectivity index (χ4v) is 6.11. The predicted molar refractivity (Wildman–Crippen MR) is 153 cm³/mol. The molecule has 0 unspecified atom stereocenters. The highest BCUT2D eigenvalue weighted by Gasteiger charge is 2.39. The van der Waals surface area contributed by atoms with Crippen LogP contribution in [0.25, 0.3) is 0 Å². The van der Waals surface area contributed by atoms with Crippen LogP contribution in [0.1, 0.15) is 39.5 Å². The molecule has 1 rings (SSSR count). The van der Waals surface area contributed by atoms with Crippen LogP contribution >= 0.6 is 21.6 Å². The standard InChI is InChI=1S/C23H40N8O8S2/c1-11(2)6-14(20(35)28-8-18(27)33)29-21(36)16-4-3-5-31(16)22(37)15(10-41-40-9-13(25)23(38)39)30-19(34)12(24)7-17(26)32/h11-16H,3-10,24-25H2,1-2H3,(H2,26,32)(H2,27,33)(H,28,35)(H,29,36)(H,30,34)(H,38,39)/t12-,13-,14-,15-,16-/m0/s1. The van der Waals surface area contributed by atoms with Gasteiger partial charge in [0.1, 0.15) is 24.2 Å². The summed E-state index contributed by atoms with van der Waals surface area (Å²) in [6, 6.07) is -5.55. The first-order valence-corrected chi connectivity index (χ1v) is 15.4. The molecule has 18 heteroatoms. The second kappa shape index (κ2) is 17.7.